The van der Waals surface area contributed by atoms with E-state index in [1.165, 1.54) is 22.4 Å². The van der Waals surface area contributed by atoms with Crippen molar-refractivity contribution in [3.05, 3.63) is 64.2 Å². The van der Waals surface area contributed by atoms with Crippen molar-refractivity contribution in [2.75, 3.05) is 18.0 Å². The summed E-state index contributed by atoms with van der Waals surface area (Å²) in [6.07, 6.45) is 0. The van der Waals surface area contributed by atoms with E-state index >= 15 is 0 Å². The number of benzene rings is 2. The molecule has 21 heavy (non-hydrogen) atoms. The van der Waals surface area contributed by atoms with E-state index in [0.717, 1.165) is 11.6 Å². The van der Waals surface area contributed by atoms with E-state index < -0.39 is 0 Å². The maximum atomic E-state index is 6.10. The van der Waals surface area contributed by atoms with Crippen molar-refractivity contribution < 1.29 is 0 Å². The summed E-state index contributed by atoms with van der Waals surface area (Å²) in [5, 5.41) is 0.769. The molecule has 0 aliphatic rings. The first kappa shape index (κ1) is 15.9. The molecule has 0 radical (unpaired) electrons. The van der Waals surface area contributed by atoms with Crippen molar-refractivity contribution in [2.45, 2.75) is 26.8 Å². The van der Waals surface area contributed by atoms with Crippen LogP contribution in [0.4, 0.5) is 5.69 Å². The molecule has 0 bridgehead atoms. The third-order valence-corrected chi connectivity index (χ3v) is 4.19. The first-order chi connectivity index (χ1) is 10.1. The van der Waals surface area contributed by atoms with Gasteiger partial charge in [-0.05, 0) is 55.7 Å². The lowest BCUT2D eigenvalue weighted by Crippen LogP contribution is -2.34. The summed E-state index contributed by atoms with van der Waals surface area (Å²) in [6, 6.07) is 14.6. The van der Waals surface area contributed by atoms with Crippen molar-refractivity contribution >= 4 is 17.3 Å². The Morgan fingerprint density at radius 2 is 1.81 bits per heavy atom. The van der Waals surface area contributed by atoms with Gasteiger partial charge in [0, 0.05) is 23.8 Å². The Hall–Kier alpha value is -1.51. The van der Waals surface area contributed by atoms with Gasteiger partial charge in [-0.1, -0.05) is 35.9 Å². The van der Waals surface area contributed by atoms with Gasteiger partial charge in [0.15, 0.2) is 0 Å². The minimum absolute atomic E-state index is 0.161. The fourth-order valence-corrected chi connectivity index (χ4v) is 3.11. The highest BCUT2D eigenvalue weighted by Crippen LogP contribution is 2.31. The van der Waals surface area contributed by atoms with Crippen LogP contribution in [0, 0.1) is 13.8 Å². The molecule has 0 fully saturated rings. The molecule has 112 valence electrons. The number of hydrogen-bond acceptors (Lipinski definition) is 2. The maximum absolute atomic E-state index is 6.10. The monoisotopic (exact) mass is 302 g/mol. The van der Waals surface area contributed by atoms with Gasteiger partial charge in [0.05, 0.1) is 6.04 Å². The zero-order chi connectivity index (χ0) is 15.4. The van der Waals surface area contributed by atoms with E-state index in [2.05, 4.69) is 56.0 Å². The molecule has 0 spiro atoms. The van der Waals surface area contributed by atoms with Crippen LogP contribution in [0.2, 0.25) is 5.02 Å². The Labute approximate surface area is 132 Å². The molecule has 0 aromatic heterocycles. The van der Waals surface area contributed by atoms with E-state index in [-0.39, 0.29) is 6.04 Å². The van der Waals surface area contributed by atoms with E-state index in [9.17, 15) is 0 Å². The topological polar surface area (TPSA) is 29.3 Å². The second-order valence-corrected chi connectivity index (χ2v) is 5.76. The lowest BCUT2D eigenvalue weighted by Gasteiger charge is -2.34. The third kappa shape index (κ3) is 3.39. The van der Waals surface area contributed by atoms with Crippen LogP contribution in [0.25, 0.3) is 0 Å². The van der Waals surface area contributed by atoms with Crippen LogP contribution >= 0.6 is 11.6 Å². The van der Waals surface area contributed by atoms with E-state index in [0.29, 0.717) is 6.54 Å². The Kier molecular flexibility index (Phi) is 5.27. The van der Waals surface area contributed by atoms with Gasteiger partial charge in [-0.25, -0.2) is 0 Å². The Morgan fingerprint density at radius 3 is 2.38 bits per heavy atom. The number of anilines is 1. The highest BCUT2D eigenvalue weighted by Gasteiger charge is 2.21. The smallest absolute Gasteiger partial charge is 0.0667 e. The number of para-hydroxylation sites is 1. The van der Waals surface area contributed by atoms with Crippen molar-refractivity contribution in [1.82, 2.24) is 0 Å². The molecule has 0 amide bonds. The highest BCUT2D eigenvalue weighted by atomic mass is 35.5. The van der Waals surface area contributed by atoms with Crippen molar-refractivity contribution in [2.24, 2.45) is 5.73 Å². The van der Waals surface area contributed by atoms with Crippen molar-refractivity contribution in [3.63, 3.8) is 0 Å². The van der Waals surface area contributed by atoms with Gasteiger partial charge < -0.3 is 10.6 Å². The summed E-state index contributed by atoms with van der Waals surface area (Å²) >= 11 is 6.08. The molecule has 2 aromatic carbocycles. The molecule has 0 aliphatic carbocycles. The summed E-state index contributed by atoms with van der Waals surface area (Å²) in [5.74, 6) is 0. The molecule has 0 heterocycles. The molecule has 2 rings (SSSR count). The van der Waals surface area contributed by atoms with Gasteiger partial charge in [-0.3, -0.25) is 0 Å². The molecule has 2 nitrogen and oxygen atoms in total. The fourth-order valence-electron chi connectivity index (χ4n) is 2.88. The average molecular weight is 303 g/mol. The van der Waals surface area contributed by atoms with Gasteiger partial charge in [0.2, 0.25) is 0 Å². The van der Waals surface area contributed by atoms with Crippen molar-refractivity contribution in [3.8, 4) is 0 Å². The molecule has 3 heteroatoms. The Morgan fingerprint density at radius 1 is 1.10 bits per heavy atom. The van der Waals surface area contributed by atoms with Gasteiger partial charge in [0.1, 0.15) is 0 Å². The highest BCUT2D eigenvalue weighted by molar-refractivity contribution is 6.30. The molecular weight excluding hydrogens is 280 g/mol. The molecular formula is C18H23ClN2. The molecule has 0 aliphatic heterocycles. The zero-order valence-electron chi connectivity index (χ0n) is 12.9. The number of hydrogen-bond donors (Lipinski definition) is 1. The third-order valence-electron chi connectivity index (χ3n) is 3.96. The first-order valence-corrected chi connectivity index (χ1v) is 7.74. The molecule has 0 saturated carbocycles. The normalized spacial score (nSPS) is 12.2. The second kappa shape index (κ2) is 6.97. The number of aryl methyl sites for hydroxylation is 2. The lowest BCUT2D eigenvalue weighted by atomic mass is 9.98. The lowest BCUT2D eigenvalue weighted by molar-refractivity contribution is 0.638. The van der Waals surface area contributed by atoms with Crippen LogP contribution in [0.1, 0.15) is 29.7 Å². The summed E-state index contributed by atoms with van der Waals surface area (Å²) < 4.78 is 0. The molecule has 1 unspecified atom stereocenters. The zero-order valence-corrected chi connectivity index (χ0v) is 13.7. The average Bonchev–Trinajstić information content (AvgIpc) is 2.47. The first-order valence-electron chi connectivity index (χ1n) is 7.36. The summed E-state index contributed by atoms with van der Waals surface area (Å²) in [7, 11) is 0. The Balaban J connectivity index is 2.45. The number of nitrogens with two attached hydrogens (primary N) is 1. The van der Waals surface area contributed by atoms with E-state index in [1.807, 2.05) is 12.1 Å². The summed E-state index contributed by atoms with van der Waals surface area (Å²) in [5.41, 5.74) is 11.0. The second-order valence-electron chi connectivity index (χ2n) is 5.32. The van der Waals surface area contributed by atoms with Crippen LogP contribution < -0.4 is 10.6 Å². The standard InChI is InChI=1S/C18H23ClN2/c1-4-21(17-8-6-5-7-13(17)2)18(12-20)16-10-9-15(19)11-14(16)3/h5-11,18H,4,12,20H2,1-3H3. The van der Waals surface area contributed by atoms with E-state index in [4.69, 9.17) is 17.3 Å². The van der Waals surface area contributed by atoms with Crippen LogP contribution in [0.15, 0.2) is 42.5 Å². The molecule has 2 aromatic rings. The van der Waals surface area contributed by atoms with E-state index in [1.54, 1.807) is 0 Å². The van der Waals surface area contributed by atoms with Gasteiger partial charge in [-0.15, -0.1) is 0 Å². The molecule has 1 atom stereocenters. The Bertz CT molecular complexity index is 610. The number of nitrogens with zero attached hydrogens (tertiary/aromatic N) is 1. The van der Waals surface area contributed by atoms with Crippen LogP contribution in [-0.2, 0) is 0 Å². The van der Waals surface area contributed by atoms with Gasteiger partial charge in [0.25, 0.3) is 0 Å². The summed E-state index contributed by atoms with van der Waals surface area (Å²) in [4.78, 5) is 2.37. The quantitative estimate of drug-likeness (QED) is 0.882. The fraction of sp³-hybridized carbons (Fsp3) is 0.333. The predicted octanol–water partition coefficient (Wildman–Crippen LogP) is 4.48. The number of halogens is 1. The SMILES string of the molecule is CCN(c1ccccc1C)C(CN)c1ccc(Cl)cc1C. The van der Waals surface area contributed by atoms with Gasteiger partial charge >= 0.3 is 0 Å². The molecule has 0 saturated heterocycles. The number of rotatable bonds is 5. The predicted molar refractivity (Wildman–Crippen MR) is 92.2 cm³/mol. The summed E-state index contributed by atoms with van der Waals surface area (Å²) in [6.45, 7) is 7.88. The van der Waals surface area contributed by atoms with Crippen LogP contribution in [0.5, 0.6) is 0 Å². The van der Waals surface area contributed by atoms with Crippen LogP contribution in [-0.4, -0.2) is 13.1 Å². The minimum atomic E-state index is 0.161. The largest absolute Gasteiger partial charge is 0.363 e. The van der Waals surface area contributed by atoms with Gasteiger partial charge in [-0.2, -0.15) is 0 Å². The minimum Gasteiger partial charge on any atom is -0.363 e. The molecule has 2 N–H and O–H groups in total. The number of likely N-dealkylation sites (N-methyl/N-ethyl adjacent to an activating group) is 1. The van der Waals surface area contributed by atoms with Crippen molar-refractivity contribution in [1.29, 1.82) is 0 Å². The van der Waals surface area contributed by atoms with Crippen LogP contribution in [0.3, 0.4) is 0 Å². The maximum Gasteiger partial charge on any atom is 0.0667 e.